The molecule has 1 amide bonds. The van der Waals surface area contributed by atoms with E-state index in [2.05, 4.69) is 17.2 Å². The minimum Gasteiger partial charge on any atom is -0.361 e. The number of carbonyl (C=O) groups is 1. The van der Waals surface area contributed by atoms with Crippen molar-refractivity contribution in [3.05, 3.63) is 36.0 Å². The molecule has 1 aromatic heterocycles. The number of aromatic nitrogens is 1. The van der Waals surface area contributed by atoms with Crippen LogP contribution in [0.1, 0.15) is 55.8 Å². The molecule has 112 valence electrons. The molecule has 0 atom stereocenters. The summed E-state index contributed by atoms with van der Waals surface area (Å²) in [4.78, 5) is 15.7. The maximum absolute atomic E-state index is 12.5. The van der Waals surface area contributed by atoms with Crippen LogP contribution in [0, 0.1) is 5.92 Å². The molecule has 1 aliphatic carbocycles. The van der Waals surface area contributed by atoms with E-state index < -0.39 is 0 Å². The summed E-state index contributed by atoms with van der Waals surface area (Å²) in [7, 11) is 0. The van der Waals surface area contributed by atoms with Crippen molar-refractivity contribution in [3.63, 3.8) is 0 Å². The first-order valence-electron chi connectivity index (χ1n) is 8.15. The molecule has 0 aliphatic heterocycles. The second-order valence-electron chi connectivity index (χ2n) is 6.23. The molecule has 1 fully saturated rings. The van der Waals surface area contributed by atoms with Crippen LogP contribution in [-0.4, -0.2) is 16.9 Å². The normalized spacial score (nSPS) is 22.3. The Morgan fingerprint density at radius 3 is 2.81 bits per heavy atom. The van der Waals surface area contributed by atoms with E-state index in [1.807, 2.05) is 30.5 Å². The summed E-state index contributed by atoms with van der Waals surface area (Å²) < 4.78 is 0. The van der Waals surface area contributed by atoms with E-state index in [0.29, 0.717) is 6.04 Å². The molecule has 2 aromatic rings. The Kier molecular flexibility index (Phi) is 4.28. The molecule has 3 nitrogen and oxygen atoms in total. The van der Waals surface area contributed by atoms with Gasteiger partial charge in [0.1, 0.15) is 0 Å². The van der Waals surface area contributed by atoms with Crippen LogP contribution in [0.4, 0.5) is 0 Å². The molecule has 1 aromatic carbocycles. The van der Waals surface area contributed by atoms with Gasteiger partial charge in [-0.3, -0.25) is 4.79 Å². The van der Waals surface area contributed by atoms with E-state index in [-0.39, 0.29) is 5.91 Å². The predicted octanol–water partition coefficient (Wildman–Crippen LogP) is 4.26. The van der Waals surface area contributed by atoms with Crippen molar-refractivity contribution in [3.8, 4) is 0 Å². The molecule has 1 heterocycles. The highest BCUT2D eigenvalue weighted by Gasteiger charge is 2.22. The third kappa shape index (κ3) is 3.12. The maximum atomic E-state index is 12.5. The van der Waals surface area contributed by atoms with Crippen molar-refractivity contribution in [1.29, 1.82) is 0 Å². The zero-order chi connectivity index (χ0) is 14.7. The number of H-pyrrole nitrogens is 1. The summed E-state index contributed by atoms with van der Waals surface area (Å²) in [5.74, 6) is 0.928. The predicted molar refractivity (Wildman–Crippen MR) is 86.4 cm³/mol. The zero-order valence-electron chi connectivity index (χ0n) is 12.7. The van der Waals surface area contributed by atoms with Crippen LogP contribution in [0.2, 0.25) is 0 Å². The highest BCUT2D eigenvalue weighted by molar-refractivity contribution is 6.05. The number of benzene rings is 1. The fourth-order valence-corrected chi connectivity index (χ4v) is 3.54. The Morgan fingerprint density at radius 2 is 2.05 bits per heavy atom. The monoisotopic (exact) mass is 284 g/mol. The summed E-state index contributed by atoms with van der Waals surface area (Å²) >= 11 is 0. The molecule has 3 heteroatoms. The summed E-state index contributed by atoms with van der Waals surface area (Å²) in [6, 6.07) is 8.22. The number of rotatable bonds is 4. The van der Waals surface area contributed by atoms with Crippen molar-refractivity contribution in [2.75, 3.05) is 0 Å². The first-order chi connectivity index (χ1) is 10.3. The van der Waals surface area contributed by atoms with Crippen LogP contribution in [0.5, 0.6) is 0 Å². The number of aromatic amines is 1. The van der Waals surface area contributed by atoms with Gasteiger partial charge >= 0.3 is 0 Å². The fraction of sp³-hybridized carbons (Fsp3) is 0.500. The van der Waals surface area contributed by atoms with Crippen molar-refractivity contribution in [2.24, 2.45) is 5.92 Å². The van der Waals surface area contributed by atoms with Gasteiger partial charge < -0.3 is 10.3 Å². The molecule has 0 spiro atoms. The van der Waals surface area contributed by atoms with Gasteiger partial charge in [-0.15, -0.1) is 0 Å². The standard InChI is InChI=1S/C18H24N2O/c1-2-4-13-7-9-15(10-8-13)20-18(21)16-6-3-5-14-11-12-19-17(14)16/h3,5-6,11-13,15,19H,2,4,7-10H2,1H3,(H,20,21). The second kappa shape index (κ2) is 6.33. The third-order valence-electron chi connectivity index (χ3n) is 4.71. The topological polar surface area (TPSA) is 44.9 Å². The molecule has 0 bridgehead atoms. The third-order valence-corrected chi connectivity index (χ3v) is 4.71. The molecule has 1 aliphatic rings. The van der Waals surface area contributed by atoms with E-state index in [0.717, 1.165) is 35.2 Å². The van der Waals surface area contributed by atoms with Gasteiger partial charge in [-0.1, -0.05) is 31.9 Å². The van der Waals surface area contributed by atoms with Gasteiger partial charge in [-0.2, -0.15) is 0 Å². The molecule has 0 unspecified atom stereocenters. The molecular formula is C18H24N2O. The summed E-state index contributed by atoms with van der Waals surface area (Å²) in [5.41, 5.74) is 1.70. The Labute approximate surface area is 126 Å². The van der Waals surface area contributed by atoms with Crippen LogP contribution in [0.25, 0.3) is 10.9 Å². The zero-order valence-corrected chi connectivity index (χ0v) is 12.7. The number of hydrogen-bond donors (Lipinski definition) is 2. The SMILES string of the molecule is CCCC1CCC(NC(=O)c2cccc3cc[nH]c23)CC1. The quantitative estimate of drug-likeness (QED) is 0.866. The molecule has 0 saturated heterocycles. The Balaban J connectivity index is 1.63. The molecule has 3 rings (SSSR count). The van der Waals surface area contributed by atoms with E-state index in [1.165, 1.54) is 25.7 Å². The van der Waals surface area contributed by atoms with Crippen LogP contribution in [-0.2, 0) is 0 Å². The van der Waals surface area contributed by atoms with Crippen LogP contribution in [0.3, 0.4) is 0 Å². The number of amides is 1. The highest BCUT2D eigenvalue weighted by Crippen LogP contribution is 2.28. The molecule has 1 saturated carbocycles. The van der Waals surface area contributed by atoms with Gasteiger partial charge in [-0.05, 0) is 43.7 Å². The lowest BCUT2D eigenvalue weighted by atomic mass is 9.83. The summed E-state index contributed by atoms with van der Waals surface area (Å²) in [5, 5.41) is 4.31. The first kappa shape index (κ1) is 14.2. The summed E-state index contributed by atoms with van der Waals surface area (Å²) in [6.45, 7) is 2.25. The molecular weight excluding hydrogens is 260 g/mol. The van der Waals surface area contributed by atoms with Crippen LogP contribution >= 0.6 is 0 Å². The minimum absolute atomic E-state index is 0.0574. The van der Waals surface area contributed by atoms with Gasteiger partial charge in [0.25, 0.3) is 5.91 Å². The second-order valence-corrected chi connectivity index (χ2v) is 6.23. The minimum atomic E-state index is 0.0574. The highest BCUT2D eigenvalue weighted by atomic mass is 16.1. The van der Waals surface area contributed by atoms with Crippen molar-refractivity contribution in [1.82, 2.24) is 10.3 Å². The van der Waals surface area contributed by atoms with Gasteiger partial charge in [0.05, 0.1) is 11.1 Å². The molecule has 0 radical (unpaired) electrons. The number of carbonyl (C=O) groups excluding carboxylic acids is 1. The lowest BCUT2D eigenvalue weighted by Gasteiger charge is -2.29. The van der Waals surface area contributed by atoms with Crippen molar-refractivity contribution in [2.45, 2.75) is 51.5 Å². The lowest BCUT2D eigenvalue weighted by molar-refractivity contribution is 0.0922. The van der Waals surface area contributed by atoms with Gasteiger partial charge in [0.2, 0.25) is 0 Å². The maximum Gasteiger partial charge on any atom is 0.253 e. The largest absolute Gasteiger partial charge is 0.361 e. The Hall–Kier alpha value is -1.77. The van der Waals surface area contributed by atoms with Gasteiger partial charge in [0.15, 0.2) is 0 Å². The van der Waals surface area contributed by atoms with Crippen molar-refractivity contribution >= 4 is 16.8 Å². The summed E-state index contributed by atoms with van der Waals surface area (Å²) in [6.07, 6.45) is 9.25. The van der Waals surface area contributed by atoms with Crippen LogP contribution < -0.4 is 5.32 Å². The lowest BCUT2D eigenvalue weighted by Crippen LogP contribution is -2.37. The Bertz CT molecular complexity index is 608. The number of nitrogens with one attached hydrogen (secondary N) is 2. The average molecular weight is 284 g/mol. The molecule has 21 heavy (non-hydrogen) atoms. The number of fused-ring (bicyclic) bond motifs is 1. The fourth-order valence-electron chi connectivity index (χ4n) is 3.54. The van der Waals surface area contributed by atoms with Gasteiger partial charge in [0, 0.05) is 17.6 Å². The van der Waals surface area contributed by atoms with Gasteiger partial charge in [-0.25, -0.2) is 0 Å². The number of hydrogen-bond acceptors (Lipinski definition) is 1. The molecule has 2 N–H and O–H groups in total. The van der Waals surface area contributed by atoms with Crippen LogP contribution in [0.15, 0.2) is 30.5 Å². The van der Waals surface area contributed by atoms with E-state index in [1.54, 1.807) is 0 Å². The Morgan fingerprint density at radius 1 is 1.24 bits per heavy atom. The van der Waals surface area contributed by atoms with E-state index >= 15 is 0 Å². The van der Waals surface area contributed by atoms with E-state index in [4.69, 9.17) is 0 Å². The van der Waals surface area contributed by atoms with E-state index in [9.17, 15) is 4.79 Å². The average Bonchev–Trinajstić information content (AvgIpc) is 2.98. The smallest absolute Gasteiger partial charge is 0.253 e. The van der Waals surface area contributed by atoms with Crippen molar-refractivity contribution < 1.29 is 4.79 Å². The first-order valence-corrected chi connectivity index (χ1v) is 8.15. The number of para-hydroxylation sites is 1.